The van der Waals surface area contributed by atoms with Crippen molar-refractivity contribution < 1.29 is 14.6 Å². The van der Waals surface area contributed by atoms with Gasteiger partial charge >= 0.3 is 0 Å². The van der Waals surface area contributed by atoms with Crippen LogP contribution in [-0.2, 0) is 24.7 Å². The van der Waals surface area contributed by atoms with Crippen LogP contribution in [-0.4, -0.2) is 33.5 Å². The molecule has 0 bridgehead atoms. The van der Waals surface area contributed by atoms with Gasteiger partial charge in [0, 0.05) is 31.8 Å². The van der Waals surface area contributed by atoms with Crippen LogP contribution in [0, 0.1) is 5.92 Å². The lowest BCUT2D eigenvalue weighted by Gasteiger charge is -2.38. The van der Waals surface area contributed by atoms with Gasteiger partial charge in [0.2, 0.25) is 5.91 Å². The number of amides is 1. The first-order valence-electron chi connectivity index (χ1n) is 9.30. The van der Waals surface area contributed by atoms with Gasteiger partial charge < -0.3 is 15.2 Å². The van der Waals surface area contributed by atoms with Crippen molar-refractivity contribution in [3.8, 4) is 5.75 Å². The molecule has 138 valence electrons. The molecule has 1 amide bonds. The lowest BCUT2D eigenvalue weighted by Crippen LogP contribution is -2.41. The Morgan fingerprint density at radius 2 is 2.27 bits per heavy atom. The van der Waals surface area contributed by atoms with Crippen LogP contribution in [0.15, 0.2) is 30.5 Å². The number of aromatic nitrogens is 2. The van der Waals surface area contributed by atoms with E-state index in [9.17, 15) is 9.90 Å². The second-order valence-corrected chi connectivity index (χ2v) is 7.34. The van der Waals surface area contributed by atoms with Crippen molar-refractivity contribution in [2.24, 2.45) is 13.0 Å². The summed E-state index contributed by atoms with van der Waals surface area (Å²) in [5.74, 6) is 1.27. The van der Waals surface area contributed by atoms with E-state index >= 15 is 0 Å². The van der Waals surface area contributed by atoms with Gasteiger partial charge in [-0.1, -0.05) is 6.07 Å². The molecule has 2 heterocycles. The number of ether oxygens (including phenoxy) is 1. The van der Waals surface area contributed by atoms with E-state index in [1.54, 1.807) is 10.9 Å². The van der Waals surface area contributed by atoms with Gasteiger partial charge in [0.25, 0.3) is 0 Å². The molecule has 1 aliphatic carbocycles. The molecular formula is C20H25N3O3. The summed E-state index contributed by atoms with van der Waals surface area (Å²) in [4.78, 5) is 12.6. The molecule has 1 aromatic heterocycles. The molecule has 1 aromatic carbocycles. The van der Waals surface area contributed by atoms with E-state index in [1.165, 1.54) is 5.56 Å². The van der Waals surface area contributed by atoms with E-state index in [0.29, 0.717) is 12.8 Å². The third-order valence-electron chi connectivity index (χ3n) is 5.54. The van der Waals surface area contributed by atoms with Gasteiger partial charge in [-0.2, -0.15) is 5.10 Å². The zero-order chi connectivity index (χ0) is 18.1. The number of hydrogen-bond acceptors (Lipinski definition) is 4. The predicted octanol–water partition coefficient (Wildman–Crippen LogP) is 1.92. The van der Waals surface area contributed by atoms with Crippen molar-refractivity contribution in [2.45, 2.75) is 44.2 Å². The Kier molecular flexibility index (Phi) is 4.68. The zero-order valence-corrected chi connectivity index (χ0v) is 15.0. The van der Waals surface area contributed by atoms with Crippen molar-refractivity contribution in [1.82, 2.24) is 15.1 Å². The zero-order valence-electron chi connectivity index (χ0n) is 15.0. The fraction of sp³-hybridized carbons (Fsp3) is 0.500. The first kappa shape index (κ1) is 17.1. The van der Waals surface area contributed by atoms with E-state index in [0.717, 1.165) is 42.9 Å². The molecule has 26 heavy (non-hydrogen) atoms. The number of nitrogens with zero attached hydrogens (tertiary/aromatic N) is 2. The highest BCUT2D eigenvalue weighted by atomic mass is 16.5. The molecule has 6 nitrogen and oxygen atoms in total. The van der Waals surface area contributed by atoms with Crippen LogP contribution >= 0.6 is 0 Å². The van der Waals surface area contributed by atoms with Crippen molar-refractivity contribution >= 4 is 5.91 Å². The second-order valence-electron chi connectivity index (χ2n) is 7.34. The van der Waals surface area contributed by atoms with Crippen molar-refractivity contribution in [3.63, 3.8) is 0 Å². The number of benzene rings is 1. The SMILES string of the molecule is Cn1nccc1CCC(=O)NC(c1ccc2c(c1)CCO2)C1CC(O)C1. The topological polar surface area (TPSA) is 76.4 Å². The summed E-state index contributed by atoms with van der Waals surface area (Å²) in [6.45, 7) is 0.725. The highest BCUT2D eigenvalue weighted by molar-refractivity contribution is 5.76. The lowest BCUT2D eigenvalue weighted by atomic mass is 9.74. The minimum atomic E-state index is -0.244. The second kappa shape index (κ2) is 7.11. The van der Waals surface area contributed by atoms with Crippen LogP contribution < -0.4 is 10.1 Å². The third kappa shape index (κ3) is 3.46. The number of carbonyl (C=O) groups excluding carboxylic acids is 1. The average Bonchev–Trinajstić information content (AvgIpc) is 3.23. The Balaban J connectivity index is 1.45. The standard InChI is InChI=1S/C20H25N3O3/c1-23-16(6-8-21-23)3-5-19(25)22-20(15-11-17(24)12-15)14-2-4-18-13(10-14)7-9-26-18/h2,4,6,8,10,15,17,20,24H,3,5,7,9,11-12H2,1H3,(H,22,25). The Morgan fingerprint density at radius 1 is 1.42 bits per heavy atom. The Hall–Kier alpha value is -2.34. The lowest BCUT2D eigenvalue weighted by molar-refractivity contribution is -0.123. The maximum absolute atomic E-state index is 12.6. The summed E-state index contributed by atoms with van der Waals surface area (Å²) < 4.78 is 7.39. The summed E-state index contributed by atoms with van der Waals surface area (Å²) in [6, 6.07) is 8.08. The minimum Gasteiger partial charge on any atom is -0.493 e. The highest BCUT2D eigenvalue weighted by Crippen LogP contribution is 2.39. The van der Waals surface area contributed by atoms with E-state index in [2.05, 4.69) is 16.5 Å². The first-order chi connectivity index (χ1) is 12.6. The number of carbonyl (C=O) groups is 1. The van der Waals surface area contributed by atoms with Gasteiger partial charge in [0.05, 0.1) is 18.8 Å². The third-order valence-corrected chi connectivity index (χ3v) is 5.54. The Labute approximate surface area is 153 Å². The first-order valence-corrected chi connectivity index (χ1v) is 9.30. The summed E-state index contributed by atoms with van der Waals surface area (Å²) >= 11 is 0. The number of fused-ring (bicyclic) bond motifs is 1. The molecule has 1 atom stereocenters. The van der Waals surface area contributed by atoms with E-state index in [-0.39, 0.29) is 24.0 Å². The van der Waals surface area contributed by atoms with Crippen LogP contribution in [0.5, 0.6) is 5.75 Å². The predicted molar refractivity (Wildman–Crippen MR) is 96.8 cm³/mol. The average molecular weight is 355 g/mol. The fourth-order valence-corrected chi connectivity index (χ4v) is 3.91. The van der Waals surface area contributed by atoms with E-state index < -0.39 is 0 Å². The van der Waals surface area contributed by atoms with E-state index in [1.807, 2.05) is 25.2 Å². The van der Waals surface area contributed by atoms with Crippen LogP contribution in [0.25, 0.3) is 0 Å². The molecule has 1 saturated carbocycles. The van der Waals surface area contributed by atoms with Crippen LogP contribution in [0.4, 0.5) is 0 Å². The summed E-state index contributed by atoms with van der Waals surface area (Å²) in [7, 11) is 1.89. The van der Waals surface area contributed by atoms with Crippen LogP contribution in [0.3, 0.4) is 0 Å². The normalized spacial score (nSPS) is 22.2. The largest absolute Gasteiger partial charge is 0.493 e. The highest BCUT2D eigenvalue weighted by Gasteiger charge is 2.36. The molecule has 0 radical (unpaired) electrons. The van der Waals surface area contributed by atoms with Crippen molar-refractivity contribution in [2.75, 3.05) is 6.61 Å². The number of aliphatic hydroxyl groups excluding tert-OH is 1. The molecule has 0 spiro atoms. The molecule has 1 unspecified atom stereocenters. The molecule has 1 fully saturated rings. The van der Waals surface area contributed by atoms with E-state index in [4.69, 9.17) is 4.74 Å². The number of aliphatic hydroxyl groups is 1. The van der Waals surface area contributed by atoms with Crippen molar-refractivity contribution in [3.05, 3.63) is 47.3 Å². The van der Waals surface area contributed by atoms with Crippen molar-refractivity contribution in [1.29, 1.82) is 0 Å². The maximum Gasteiger partial charge on any atom is 0.220 e. The number of aryl methyl sites for hydroxylation is 2. The Bertz CT molecular complexity index is 795. The van der Waals surface area contributed by atoms with Gasteiger partial charge in [-0.25, -0.2) is 0 Å². The van der Waals surface area contributed by atoms with Gasteiger partial charge in [-0.05, 0) is 54.5 Å². The summed E-state index contributed by atoms with van der Waals surface area (Å²) in [5, 5.41) is 17.1. The van der Waals surface area contributed by atoms with Gasteiger partial charge in [-0.15, -0.1) is 0 Å². The number of hydrogen-bond donors (Lipinski definition) is 2. The smallest absolute Gasteiger partial charge is 0.220 e. The molecule has 0 saturated heterocycles. The summed E-state index contributed by atoms with van der Waals surface area (Å²) in [6.07, 6.45) is 4.99. The molecule has 1 aliphatic heterocycles. The van der Waals surface area contributed by atoms with Gasteiger partial charge in [-0.3, -0.25) is 9.48 Å². The molecule has 2 aliphatic rings. The van der Waals surface area contributed by atoms with Gasteiger partial charge in [0.15, 0.2) is 0 Å². The monoisotopic (exact) mass is 355 g/mol. The maximum atomic E-state index is 12.6. The molecule has 2 N–H and O–H groups in total. The molecule has 6 heteroatoms. The minimum absolute atomic E-state index is 0.0364. The fourth-order valence-electron chi connectivity index (χ4n) is 3.91. The molecule has 4 rings (SSSR count). The summed E-state index contributed by atoms with van der Waals surface area (Å²) in [5.41, 5.74) is 3.36. The molecule has 2 aromatic rings. The Morgan fingerprint density at radius 3 is 3.00 bits per heavy atom. The van der Waals surface area contributed by atoms with Gasteiger partial charge in [0.1, 0.15) is 5.75 Å². The van der Waals surface area contributed by atoms with Crippen LogP contribution in [0.1, 0.15) is 42.1 Å². The molecular weight excluding hydrogens is 330 g/mol. The quantitative estimate of drug-likeness (QED) is 0.830. The number of rotatable bonds is 6. The van der Waals surface area contributed by atoms with Crippen LogP contribution in [0.2, 0.25) is 0 Å². The number of nitrogens with one attached hydrogen (secondary N) is 1.